The summed E-state index contributed by atoms with van der Waals surface area (Å²) in [7, 11) is 0. The van der Waals surface area contributed by atoms with Gasteiger partial charge in [0.2, 0.25) is 0 Å². The highest BCUT2D eigenvalue weighted by Gasteiger charge is 2.11. The Hall–Kier alpha value is -1.23. The normalized spacial score (nSPS) is 11.9. The van der Waals surface area contributed by atoms with E-state index >= 15 is 0 Å². The van der Waals surface area contributed by atoms with E-state index in [9.17, 15) is 4.79 Å². The number of carbonyl (C=O) groups excluding carboxylic acids is 1. The number of hydrogen-bond donors (Lipinski definition) is 1. The highest BCUT2D eigenvalue weighted by atomic mass is 35.5. The van der Waals surface area contributed by atoms with Crippen LogP contribution in [0.2, 0.25) is 10.0 Å². The number of hydrogen-bond acceptors (Lipinski definition) is 3. The predicted octanol–water partition coefficient (Wildman–Crippen LogP) is 4.31. The molecule has 1 amide bonds. The number of rotatable bonds is 5. The molecule has 106 valence electrons. The van der Waals surface area contributed by atoms with Crippen molar-refractivity contribution in [1.82, 2.24) is 5.32 Å². The van der Waals surface area contributed by atoms with Crippen molar-refractivity contribution in [2.75, 3.05) is 6.61 Å². The monoisotopic (exact) mass is 329 g/mol. The molecule has 6 heteroatoms. The smallest absolute Gasteiger partial charge is 0.258 e. The van der Waals surface area contributed by atoms with E-state index < -0.39 is 0 Å². The van der Waals surface area contributed by atoms with E-state index in [2.05, 4.69) is 5.32 Å². The second-order valence-electron chi connectivity index (χ2n) is 4.17. The number of nitrogens with one attached hydrogen (secondary N) is 1. The summed E-state index contributed by atoms with van der Waals surface area (Å²) in [5.74, 6) is 0.194. The Labute approximate surface area is 131 Å². The van der Waals surface area contributed by atoms with Crippen molar-refractivity contribution in [2.45, 2.75) is 13.0 Å². The van der Waals surface area contributed by atoms with Gasteiger partial charge in [-0.3, -0.25) is 4.79 Å². The van der Waals surface area contributed by atoms with Crippen LogP contribution in [0.4, 0.5) is 0 Å². The minimum atomic E-state index is -0.207. The molecular weight excluding hydrogens is 317 g/mol. The number of carbonyl (C=O) groups is 1. The zero-order valence-electron chi connectivity index (χ0n) is 10.7. The fourth-order valence-electron chi connectivity index (χ4n) is 1.62. The first-order valence-electron chi connectivity index (χ1n) is 5.97. The molecule has 1 heterocycles. The lowest BCUT2D eigenvalue weighted by molar-refractivity contribution is -0.123. The van der Waals surface area contributed by atoms with Gasteiger partial charge in [0, 0.05) is 16.0 Å². The van der Waals surface area contributed by atoms with E-state index in [-0.39, 0.29) is 18.6 Å². The second-order valence-corrected chi connectivity index (χ2v) is 5.99. The summed E-state index contributed by atoms with van der Waals surface area (Å²) < 4.78 is 5.37. The molecule has 3 nitrogen and oxygen atoms in total. The van der Waals surface area contributed by atoms with Crippen LogP contribution in [0, 0.1) is 0 Å². The van der Waals surface area contributed by atoms with Gasteiger partial charge in [0.25, 0.3) is 5.91 Å². The van der Waals surface area contributed by atoms with Gasteiger partial charge in [0.05, 0.1) is 11.1 Å². The first kappa shape index (κ1) is 15.2. The van der Waals surface area contributed by atoms with Crippen LogP contribution in [-0.4, -0.2) is 12.5 Å². The van der Waals surface area contributed by atoms with Crippen LogP contribution in [0.3, 0.4) is 0 Å². The van der Waals surface area contributed by atoms with Crippen molar-refractivity contribution in [3.05, 3.63) is 50.6 Å². The molecule has 2 rings (SSSR count). The van der Waals surface area contributed by atoms with Gasteiger partial charge in [-0.25, -0.2) is 0 Å². The largest absolute Gasteiger partial charge is 0.482 e. The zero-order valence-corrected chi connectivity index (χ0v) is 13.1. The Morgan fingerprint density at radius 1 is 1.40 bits per heavy atom. The molecule has 1 atom stereocenters. The van der Waals surface area contributed by atoms with E-state index in [0.29, 0.717) is 15.8 Å². The number of benzene rings is 1. The van der Waals surface area contributed by atoms with Crippen molar-refractivity contribution >= 4 is 40.4 Å². The molecule has 20 heavy (non-hydrogen) atoms. The van der Waals surface area contributed by atoms with Crippen molar-refractivity contribution in [2.24, 2.45) is 0 Å². The van der Waals surface area contributed by atoms with Gasteiger partial charge in [-0.1, -0.05) is 29.3 Å². The van der Waals surface area contributed by atoms with Crippen LogP contribution in [0.25, 0.3) is 0 Å². The topological polar surface area (TPSA) is 38.3 Å². The van der Waals surface area contributed by atoms with Crippen molar-refractivity contribution in [1.29, 1.82) is 0 Å². The lowest BCUT2D eigenvalue weighted by Crippen LogP contribution is -2.30. The van der Waals surface area contributed by atoms with Crippen LogP contribution in [0.5, 0.6) is 5.75 Å². The number of halogens is 2. The molecule has 0 saturated heterocycles. The van der Waals surface area contributed by atoms with Gasteiger partial charge < -0.3 is 10.1 Å². The second kappa shape index (κ2) is 6.97. The molecule has 0 fully saturated rings. The first-order chi connectivity index (χ1) is 9.56. The van der Waals surface area contributed by atoms with Gasteiger partial charge >= 0.3 is 0 Å². The van der Waals surface area contributed by atoms with Gasteiger partial charge in [-0.15, -0.1) is 11.3 Å². The van der Waals surface area contributed by atoms with E-state index in [1.165, 1.54) is 0 Å². The summed E-state index contributed by atoms with van der Waals surface area (Å²) >= 11 is 13.4. The molecule has 1 aromatic carbocycles. The summed E-state index contributed by atoms with van der Waals surface area (Å²) in [5.41, 5.74) is 0. The van der Waals surface area contributed by atoms with Crippen LogP contribution in [-0.2, 0) is 4.79 Å². The summed E-state index contributed by atoms with van der Waals surface area (Å²) in [6.07, 6.45) is 0. The predicted molar refractivity (Wildman–Crippen MR) is 82.8 cm³/mol. The molecule has 0 bridgehead atoms. The highest BCUT2D eigenvalue weighted by molar-refractivity contribution is 7.10. The fourth-order valence-corrected chi connectivity index (χ4v) is 2.69. The van der Waals surface area contributed by atoms with Crippen LogP contribution < -0.4 is 10.1 Å². The van der Waals surface area contributed by atoms with Crippen LogP contribution in [0.1, 0.15) is 17.8 Å². The molecule has 1 N–H and O–H groups in total. The van der Waals surface area contributed by atoms with Gasteiger partial charge in [-0.2, -0.15) is 0 Å². The minimum absolute atomic E-state index is 0.0408. The Bertz CT molecular complexity index is 587. The highest BCUT2D eigenvalue weighted by Crippen LogP contribution is 2.27. The van der Waals surface area contributed by atoms with Crippen molar-refractivity contribution < 1.29 is 9.53 Å². The van der Waals surface area contributed by atoms with Crippen molar-refractivity contribution in [3.63, 3.8) is 0 Å². The first-order valence-corrected chi connectivity index (χ1v) is 7.60. The third kappa shape index (κ3) is 4.13. The van der Waals surface area contributed by atoms with Gasteiger partial charge in [0.1, 0.15) is 5.75 Å². The molecule has 1 unspecified atom stereocenters. The van der Waals surface area contributed by atoms with Crippen LogP contribution >= 0.6 is 34.5 Å². The van der Waals surface area contributed by atoms with E-state index in [0.717, 1.165) is 4.88 Å². The molecule has 0 aliphatic rings. The number of thiophene rings is 1. The van der Waals surface area contributed by atoms with Gasteiger partial charge in [-0.05, 0) is 30.5 Å². The third-order valence-corrected chi connectivity index (χ3v) is 4.20. The Kier molecular flexibility index (Phi) is 5.29. The standard InChI is InChI=1S/C14H13Cl2NO2S/c1-9(13-3-2-6-20-13)17-14(18)8-19-12-7-10(15)4-5-11(12)16/h2-7,9H,8H2,1H3,(H,17,18). The lowest BCUT2D eigenvalue weighted by atomic mass is 10.3. The summed E-state index contributed by atoms with van der Waals surface area (Å²) in [6, 6.07) is 8.76. The molecule has 0 radical (unpaired) electrons. The quantitative estimate of drug-likeness (QED) is 0.887. The summed E-state index contributed by atoms with van der Waals surface area (Å²) in [5, 5.41) is 5.76. The number of amides is 1. The third-order valence-electron chi connectivity index (χ3n) is 2.60. The minimum Gasteiger partial charge on any atom is -0.482 e. The maximum absolute atomic E-state index is 11.8. The molecule has 0 aliphatic carbocycles. The Balaban J connectivity index is 1.87. The molecule has 0 saturated carbocycles. The summed E-state index contributed by atoms with van der Waals surface area (Å²) in [6.45, 7) is 1.83. The molecule has 0 aliphatic heterocycles. The molecule has 0 spiro atoms. The van der Waals surface area contributed by atoms with E-state index in [4.69, 9.17) is 27.9 Å². The van der Waals surface area contributed by atoms with Crippen LogP contribution in [0.15, 0.2) is 35.7 Å². The SMILES string of the molecule is CC(NC(=O)COc1cc(Cl)ccc1Cl)c1cccs1. The molecular formula is C14H13Cl2NO2S. The molecule has 1 aromatic heterocycles. The fraction of sp³-hybridized carbons (Fsp3) is 0.214. The number of ether oxygens (including phenoxy) is 1. The average molecular weight is 330 g/mol. The maximum Gasteiger partial charge on any atom is 0.258 e. The zero-order chi connectivity index (χ0) is 14.5. The Morgan fingerprint density at radius 2 is 2.20 bits per heavy atom. The maximum atomic E-state index is 11.8. The average Bonchev–Trinajstić information content (AvgIpc) is 2.94. The van der Waals surface area contributed by atoms with Gasteiger partial charge in [0.15, 0.2) is 6.61 Å². The van der Waals surface area contributed by atoms with Crippen molar-refractivity contribution in [3.8, 4) is 5.75 Å². The lowest BCUT2D eigenvalue weighted by Gasteiger charge is -2.13. The van der Waals surface area contributed by atoms with E-state index in [1.807, 2.05) is 24.4 Å². The Morgan fingerprint density at radius 3 is 2.90 bits per heavy atom. The summed E-state index contributed by atoms with van der Waals surface area (Å²) in [4.78, 5) is 12.9. The molecule has 2 aromatic rings. The van der Waals surface area contributed by atoms with E-state index in [1.54, 1.807) is 29.5 Å².